The number of fused-ring (bicyclic) bond motifs is 1. The molecular weight excluding hydrogens is 190 g/mol. The lowest BCUT2D eigenvalue weighted by atomic mass is 10.0. The Hall–Kier alpha value is -1.35. The van der Waals surface area contributed by atoms with Gasteiger partial charge >= 0.3 is 5.97 Å². The Morgan fingerprint density at radius 1 is 1.40 bits per heavy atom. The highest BCUT2D eigenvalue weighted by atomic mass is 16.4. The molecule has 15 heavy (non-hydrogen) atoms. The van der Waals surface area contributed by atoms with Crippen LogP contribution >= 0.6 is 0 Å². The Kier molecular flexibility index (Phi) is 2.73. The van der Waals surface area contributed by atoms with Crippen LogP contribution < -0.4 is 5.73 Å². The molecule has 1 aromatic carbocycles. The van der Waals surface area contributed by atoms with Gasteiger partial charge in [0.25, 0.3) is 0 Å². The maximum absolute atomic E-state index is 10.6. The first-order chi connectivity index (χ1) is 7.16. The minimum atomic E-state index is -0.935. The molecule has 80 valence electrons. The van der Waals surface area contributed by atoms with Gasteiger partial charge < -0.3 is 10.8 Å². The molecule has 3 N–H and O–H groups in total. The Bertz CT molecular complexity index is 387. The van der Waals surface area contributed by atoms with Crippen LogP contribution in [0.25, 0.3) is 0 Å². The van der Waals surface area contributed by atoms with Gasteiger partial charge in [-0.3, -0.25) is 4.79 Å². The fraction of sp³-hybridized carbons (Fsp3) is 0.417. The summed E-state index contributed by atoms with van der Waals surface area (Å²) in [4.78, 5) is 10.6. The quantitative estimate of drug-likeness (QED) is 0.777. The molecule has 0 aromatic heterocycles. The highest BCUT2D eigenvalue weighted by Gasteiger charge is 2.15. The number of rotatable bonds is 3. The van der Waals surface area contributed by atoms with Gasteiger partial charge in [0.1, 0.15) is 6.04 Å². The third-order valence-corrected chi connectivity index (χ3v) is 2.94. The fourth-order valence-electron chi connectivity index (χ4n) is 2.09. The van der Waals surface area contributed by atoms with Crippen molar-refractivity contribution >= 4 is 5.97 Å². The third-order valence-electron chi connectivity index (χ3n) is 2.94. The zero-order chi connectivity index (χ0) is 10.8. The molecule has 0 radical (unpaired) electrons. The lowest BCUT2D eigenvalue weighted by Gasteiger charge is -2.08. The number of nitrogens with two attached hydrogens (primary N) is 1. The monoisotopic (exact) mass is 205 g/mol. The zero-order valence-corrected chi connectivity index (χ0v) is 8.57. The normalized spacial score (nSPS) is 16.1. The molecule has 3 heteroatoms. The minimum Gasteiger partial charge on any atom is -0.480 e. The average Bonchev–Trinajstić information content (AvgIpc) is 2.64. The molecule has 0 saturated carbocycles. The predicted molar refractivity (Wildman–Crippen MR) is 57.8 cm³/mol. The first-order valence-corrected chi connectivity index (χ1v) is 5.26. The molecule has 0 saturated heterocycles. The molecule has 1 aliphatic rings. The van der Waals surface area contributed by atoms with Crippen molar-refractivity contribution in [3.63, 3.8) is 0 Å². The van der Waals surface area contributed by atoms with Crippen LogP contribution in [0.2, 0.25) is 0 Å². The topological polar surface area (TPSA) is 63.3 Å². The molecular formula is C12H15NO2. The molecule has 0 unspecified atom stereocenters. The summed E-state index contributed by atoms with van der Waals surface area (Å²) in [5, 5.41) is 8.71. The van der Waals surface area contributed by atoms with E-state index in [2.05, 4.69) is 12.1 Å². The van der Waals surface area contributed by atoms with E-state index in [1.54, 1.807) is 0 Å². The van der Waals surface area contributed by atoms with Gasteiger partial charge in [-0.05, 0) is 42.4 Å². The Morgan fingerprint density at radius 3 is 2.87 bits per heavy atom. The number of hydrogen-bond donors (Lipinski definition) is 2. The first kappa shape index (κ1) is 10.2. The molecule has 3 nitrogen and oxygen atoms in total. The molecule has 1 aromatic rings. The Labute approximate surface area is 88.9 Å². The summed E-state index contributed by atoms with van der Waals surface area (Å²) in [6, 6.07) is 5.41. The summed E-state index contributed by atoms with van der Waals surface area (Å²) in [5.74, 6) is -0.935. The molecule has 0 fully saturated rings. The Balaban J connectivity index is 2.13. The predicted octanol–water partition coefficient (Wildman–Crippen LogP) is 1.13. The average molecular weight is 205 g/mol. The van der Waals surface area contributed by atoms with Crippen LogP contribution in [-0.4, -0.2) is 17.1 Å². The van der Waals surface area contributed by atoms with Crippen molar-refractivity contribution in [3.05, 3.63) is 34.9 Å². The highest BCUT2D eigenvalue weighted by molar-refractivity contribution is 5.73. The Morgan fingerprint density at radius 2 is 2.13 bits per heavy atom. The van der Waals surface area contributed by atoms with Gasteiger partial charge in [0.15, 0.2) is 0 Å². The second-order valence-corrected chi connectivity index (χ2v) is 4.11. The van der Waals surface area contributed by atoms with E-state index in [1.807, 2.05) is 6.07 Å². The lowest BCUT2D eigenvalue weighted by molar-refractivity contribution is -0.138. The maximum atomic E-state index is 10.6. The number of aliphatic carboxylic acids is 1. The van der Waals surface area contributed by atoms with Gasteiger partial charge in [0, 0.05) is 0 Å². The van der Waals surface area contributed by atoms with E-state index in [1.165, 1.54) is 17.5 Å². The number of carboxylic acid groups (broad SMARTS) is 1. The molecule has 0 aliphatic heterocycles. The SMILES string of the molecule is N[C@H](Cc1ccc2c(c1)CCC2)C(=O)O. The number of hydrogen-bond acceptors (Lipinski definition) is 2. The molecule has 0 bridgehead atoms. The summed E-state index contributed by atoms with van der Waals surface area (Å²) < 4.78 is 0. The van der Waals surface area contributed by atoms with Crippen molar-refractivity contribution in [2.24, 2.45) is 5.73 Å². The zero-order valence-electron chi connectivity index (χ0n) is 8.57. The van der Waals surface area contributed by atoms with E-state index in [0.717, 1.165) is 18.4 Å². The summed E-state index contributed by atoms with van der Waals surface area (Å²) in [6.07, 6.45) is 3.90. The van der Waals surface area contributed by atoms with Crippen LogP contribution in [0.1, 0.15) is 23.1 Å². The molecule has 0 spiro atoms. The largest absolute Gasteiger partial charge is 0.480 e. The van der Waals surface area contributed by atoms with Crippen molar-refractivity contribution in [1.29, 1.82) is 0 Å². The van der Waals surface area contributed by atoms with Gasteiger partial charge in [-0.2, -0.15) is 0 Å². The van der Waals surface area contributed by atoms with E-state index in [4.69, 9.17) is 10.8 Å². The van der Waals surface area contributed by atoms with Crippen LogP contribution in [-0.2, 0) is 24.1 Å². The summed E-state index contributed by atoms with van der Waals surface area (Å²) >= 11 is 0. The van der Waals surface area contributed by atoms with Crippen LogP contribution in [0.15, 0.2) is 18.2 Å². The second-order valence-electron chi connectivity index (χ2n) is 4.11. The van der Waals surface area contributed by atoms with Gasteiger partial charge in [-0.15, -0.1) is 0 Å². The summed E-state index contributed by atoms with van der Waals surface area (Å²) in [5.41, 5.74) is 9.30. The van der Waals surface area contributed by atoms with Crippen molar-refractivity contribution in [2.45, 2.75) is 31.7 Å². The molecule has 0 amide bonds. The first-order valence-electron chi connectivity index (χ1n) is 5.26. The van der Waals surface area contributed by atoms with E-state index < -0.39 is 12.0 Å². The second kappa shape index (κ2) is 4.03. The van der Waals surface area contributed by atoms with Crippen LogP contribution in [0.5, 0.6) is 0 Å². The lowest BCUT2D eigenvalue weighted by Crippen LogP contribution is -2.32. The number of carbonyl (C=O) groups is 1. The fourth-order valence-corrected chi connectivity index (χ4v) is 2.09. The minimum absolute atomic E-state index is 0.419. The highest BCUT2D eigenvalue weighted by Crippen LogP contribution is 2.23. The maximum Gasteiger partial charge on any atom is 0.320 e. The van der Waals surface area contributed by atoms with Gasteiger partial charge in [-0.1, -0.05) is 18.2 Å². The molecule has 2 rings (SSSR count). The molecule has 0 heterocycles. The molecule has 1 aliphatic carbocycles. The smallest absolute Gasteiger partial charge is 0.320 e. The van der Waals surface area contributed by atoms with Crippen molar-refractivity contribution in [3.8, 4) is 0 Å². The van der Waals surface area contributed by atoms with Gasteiger partial charge in [-0.25, -0.2) is 0 Å². The van der Waals surface area contributed by atoms with E-state index in [0.29, 0.717) is 6.42 Å². The van der Waals surface area contributed by atoms with E-state index in [-0.39, 0.29) is 0 Å². The van der Waals surface area contributed by atoms with Crippen molar-refractivity contribution < 1.29 is 9.90 Å². The van der Waals surface area contributed by atoms with Crippen LogP contribution in [0.3, 0.4) is 0 Å². The summed E-state index contributed by atoms with van der Waals surface area (Å²) in [6.45, 7) is 0. The van der Waals surface area contributed by atoms with E-state index >= 15 is 0 Å². The third kappa shape index (κ3) is 2.18. The number of aryl methyl sites for hydroxylation is 2. The van der Waals surface area contributed by atoms with Crippen molar-refractivity contribution in [2.75, 3.05) is 0 Å². The van der Waals surface area contributed by atoms with Crippen LogP contribution in [0.4, 0.5) is 0 Å². The number of carboxylic acids is 1. The van der Waals surface area contributed by atoms with Gasteiger partial charge in [0.2, 0.25) is 0 Å². The van der Waals surface area contributed by atoms with E-state index in [9.17, 15) is 4.79 Å². The molecule has 1 atom stereocenters. The standard InChI is InChI=1S/C12H15NO2/c13-11(12(14)15)7-8-4-5-9-2-1-3-10(9)6-8/h4-6,11H,1-3,7,13H2,(H,14,15)/t11-/m1/s1. The number of benzene rings is 1. The van der Waals surface area contributed by atoms with Gasteiger partial charge in [0.05, 0.1) is 0 Å². The van der Waals surface area contributed by atoms with Crippen molar-refractivity contribution in [1.82, 2.24) is 0 Å². The summed E-state index contributed by atoms with van der Waals surface area (Å²) in [7, 11) is 0. The van der Waals surface area contributed by atoms with Crippen LogP contribution in [0, 0.1) is 0 Å².